The third-order valence-electron chi connectivity index (χ3n) is 4.56. The molecule has 0 aromatic heterocycles. The van der Waals surface area contributed by atoms with Gasteiger partial charge in [-0.25, -0.2) is 0 Å². The Hall–Kier alpha value is -3.80. The van der Waals surface area contributed by atoms with Gasteiger partial charge in [-0.1, -0.05) is 42.5 Å². The van der Waals surface area contributed by atoms with Crippen molar-refractivity contribution in [2.75, 3.05) is 7.05 Å². The van der Waals surface area contributed by atoms with Gasteiger partial charge in [0.15, 0.2) is 0 Å². The smallest absolute Gasteiger partial charge is 0.304 e. The largest absolute Gasteiger partial charge is 0.489 e. The van der Waals surface area contributed by atoms with Crippen LogP contribution in [0.5, 0.6) is 17.2 Å². The van der Waals surface area contributed by atoms with Gasteiger partial charge in [0.2, 0.25) is 0 Å². The summed E-state index contributed by atoms with van der Waals surface area (Å²) in [5, 5.41) is 9.12. The van der Waals surface area contributed by atoms with E-state index in [2.05, 4.69) is 4.99 Å². The lowest BCUT2D eigenvalue weighted by molar-refractivity contribution is -0.137. The maximum absolute atomic E-state index is 11.1. The molecule has 0 aliphatic heterocycles. The number of carboxylic acid groups (broad SMARTS) is 1. The third-order valence-corrected chi connectivity index (χ3v) is 4.56. The van der Waals surface area contributed by atoms with Crippen LogP contribution in [0.2, 0.25) is 0 Å². The monoisotopic (exact) mass is 404 g/mol. The van der Waals surface area contributed by atoms with Crippen LogP contribution in [0, 0.1) is 0 Å². The highest BCUT2D eigenvalue weighted by atomic mass is 16.5. The van der Waals surface area contributed by atoms with Gasteiger partial charge in [-0.05, 0) is 47.5 Å². The van der Waals surface area contributed by atoms with Gasteiger partial charge < -0.3 is 20.3 Å². The Balaban J connectivity index is 1.63. The minimum atomic E-state index is -0.926. The van der Waals surface area contributed by atoms with E-state index in [0.29, 0.717) is 18.2 Å². The first-order valence-corrected chi connectivity index (χ1v) is 9.53. The molecule has 1 atom stereocenters. The summed E-state index contributed by atoms with van der Waals surface area (Å²) in [5.41, 5.74) is 7.64. The fourth-order valence-corrected chi connectivity index (χ4v) is 3.01. The first kappa shape index (κ1) is 20.9. The zero-order valence-electron chi connectivity index (χ0n) is 16.7. The van der Waals surface area contributed by atoms with Crippen molar-refractivity contribution in [2.45, 2.75) is 18.9 Å². The quantitative estimate of drug-likeness (QED) is 0.401. The highest BCUT2D eigenvalue weighted by Gasteiger charge is 2.19. The summed E-state index contributed by atoms with van der Waals surface area (Å²) >= 11 is 0. The van der Waals surface area contributed by atoms with Crippen molar-refractivity contribution in [1.29, 1.82) is 0 Å². The van der Waals surface area contributed by atoms with E-state index in [1.165, 1.54) is 0 Å². The molecule has 0 saturated heterocycles. The zero-order valence-corrected chi connectivity index (χ0v) is 16.7. The lowest BCUT2D eigenvalue weighted by Crippen LogP contribution is -2.24. The number of nitrogens with zero attached hydrogens (tertiary/aromatic N) is 1. The van der Waals surface area contributed by atoms with Crippen molar-refractivity contribution in [2.24, 2.45) is 10.7 Å². The molecule has 3 N–H and O–H groups in total. The molecule has 0 radical (unpaired) electrons. The topological polar surface area (TPSA) is 94.1 Å². The summed E-state index contributed by atoms with van der Waals surface area (Å²) in [7, 11) is 1.55. The first-order chi connectivity index (χ1) is 14.5. The van der Waals surface area contributed by atoms with Crippen LogP contribution >= 0.6 is 0 Å². The number of aliphatic carboxylic acids is 1. The van der Waals surface area contributed by atoms with Crippen LogP contribution in [-0.2, 0) is 11.4 Å². The predicted octanol–water partition coefficient (Wildman–Crippen LogP) is 4.60. The number of ether oxygens (including phenoxy) is 2. The van der Waals surface area contributed by atoms with Crippen LogP contribution in [0.25, 0.3) is 0 Å². The molecule has 0 aliphatic carbocycles. The number of aliphatic imine (C=N–C) groups is 1. The Bertz CT molecular complexity index is 1000. The van der Waals surface area contributed by atoms with Gasteiger partial charge in [-0.15, -0.1) is 0 Å². The lowest BCUT2D eigenvalue weighted by atomic mass is 9.94. The summed E-state index contributed by atoms with van der Waals surface area (Å²) in [4.78, 5) is 15.1. The number of carbonyl (C=O) groups is 1. The number of carboxylic acids is 1. The van der Waals surface area contributed by atoms with Gasteiger partial charge in [0.05, 0.1) is 12.3 Å². The van der Waals surface area contributed by atoms with Crippen LogP contribution in [-0.4, -0.2) is 24.0 Å². The molecule has 0 aliphatic rings. The maximum Gasteiger partial charge on any atom is 0.304 e. The highest BCUT2D eigenvalue weighted by Crippen LogP contribution is 2.25. The van der Waals surface area contributed by atoms with Crippen LogP contribution < -0.4 is 15.2 Å². The van der Waals surface area contributed by atoms with Gasteiger partial charge in [0.25, 0.3) is 0 Å². The van der Waals surface area contributed by atoms with Gasteiger partial charge in [0.1, 0.15) is 29.7 Å². The molecule has 1 unspecified atom stereocenters. The second kappa shape index (κ2) is 10.1. The van der Waals surface area contributed by atoms with Crippen molar-refractivity contribution in [1.82, 2.24) is 0 Å². The van der Waals surface area contributed by atoms with E-state index in [9.17, 15) is 4.79 Å². The minimum Gasteiger partial charge on any atom is -0.489 e. The standard InChI is InChI=1S/C24H24N2O4/c1-26-24(25)22(15-23(27)28)18-10-12-19(13-11-18)29-16-17-6-5-9-21(14-17)30-20-7-3-2-4-8-20/h2-14,22H,15-16H2,1H3,(H2,25,26)(H,27,28). The lowest BCUT2D eigenvalue weighted by Gasteiger charge is -2.15. The second-order valence-electron chi connectivity index (χ2n) is 6.72. The summed E-state index contributed by atoms with van der Waals surface area (Å²) in [6.45, 7) is 0.377. The Kier molecular flexibility index (Phi) is 7.05. The van der Waals surface area contributed by atoms with Crippen molar-refractivity contribution >= 4 is 11.8 Å². The van der Waals surface area contributed by atoms with Gasteiger partial charge in [-0.2, -0.15) is 0 Å². The fraction of sp³-hybridized carbons (Fsp3) is 0.167. The first-order valence-electron chi connectivity index (χ1n) is 9.53. The Morgan fingerprint density at radius 2 is 1.67 bits per heavy atom. The molecule has 6 heteroatoms. The van der Waals surface area contributed by atoms with Crippen LogP contribution in [0.3, 0.4) is 0 Å². The van der Waals surface area contributed by atoms with Gasteiger partial charge in [-0.3, -0.25) is 9.79 Å². The number of para-hydroxylation sites is 1. The minimum absolute atomic E-state index is 0.114. The van der Waals surface area contributed by atoms with Crippen molar-refractivity contribution < 1.29 is 19.4 Å². The summed E-state index contributed by atoms with van der Waals surface area (Å²) in [6, 6.07) is 24.5. The molecule has 0 fully saturated rings. The van der Waals surface area contributed by atoms with E-state index >= 15 is 0 Å². The summed E-state index contributed by atoms with van der Waals surface area (Å²) < 4.78 is 11.7. The Morgan fingerprint density at radius 3 is 2.33 bits per heavy atom. The van der Waals surface area contributed by atoms with Crippen molar-refractivity contribution in [3.63, 3.8) is 0 Å². The predicted molar refractivity (Wildman–Crippen MR) is 116 cm³/mol. The van der Waals surface area contributed by atoms with Crippen molar-refractivity contribution in [3.05, 3.63) is 90.0 Å². The van der Waals surface area contributed by atoms with Crippen LogP contribution in [0.1, 0.15) is 23.5 Å². The third kappa shape index (κ3) is 5.85. The number of hydrogen-bond acceptors (Lipinski definition) is 4. The SMILES string of the molecule is CN=C(N)C(CC(=O)O)c1ccc(OCc2cccc(Oc3ccccc3)c2)cc1. The molecular weight excluding hydrogens is 380 g/mol. The zero-order chi connectivity index (χ0) is 21.3. The average Bonchev–Trinajstić information content (AvgIpc) is 2.77. The van der Waals surface area contributed by atoms with E-state index in [-0.39, 0.29) is 6.42 Å². The van der Waals surface area contributed by atoms with Crippen molar-refractivity contribution in [3.8, 4) is 17.2 Å². The molecule has 6 nitrogen and oxygen atoms in total. The summed E-state index contributed by atoms with van der Waals surface area (Å²) in [5.74, 6) is 1.09. The normalized spacial score (nSPS) is 12.2. The number of rotatable bonds is 9. The van der Waals surface area contributed by atoms with Crippen LogP contribution in [0.4, 0.5) is 0 Å². The molecule has 154 valence electrons. The average molecular weight is 404 g/mol. The maximum atomic E-state index is 11.1. The number of benzene rings is 3. The number of amidine groups is 1. The molecule has 3 aromatic rings. The fourth-order valence-electron chi connectivity index (χ4n) is 3.01. The van der Waals surface area contributed by atoms with Gasteiger partial charge >= 0.3 is 5.97 Å². The Morgan fingerprint density at radius 1 is 0.967 bits per heavy atom. The van der Waals surface area contributed by atoms with E-state index in [1.807, 2.05) is 66.7 Å². The molecule has 3 aromatic carbocycles. The molecule has 0 saturated carbocycles. The summed E-state index contributed by atoms with van der Waals surface area (Å²) in [6.07, 6.45) is -0.114. The number of nitrogens with two attached hydrogens (primary N) is 1. The van der Waals surface area contributed by atoms with Crippen LogP contribution in [0.15, 0.2) is 83.9 Å². The molecule has 0 spiro atoms. The van der Waals surface area contributed by atoms with Gasteiger partial charge in [0, 0.05) is 7.05 Å². The molecular formula is C24H24N2O4. The molecule has 0 amide bonds. The molecule has 3 rings (SSSR count). The van der Waals surface area contributed by atoms with E-state index < -0.39 is 11.9 Å². The van der Waals surface area contributed by atoms with E-state index in [1.54, 1.807) is 19.2 Å². The Labute approximate surface area is 175 Å². The van der Waals surface area contributed by atoms with E-state index in [4.69, 9.17) is 20.3 Å². The molecule has 0 bridgehead atoms. The molecule has 30 heavy (non-hydrogen) atoms. The van der Waals surface area contributed by atoms with E-state index in [0.717, 1.165) is 22.6 Å². The second-order valence-corrected chi connectivity index (χ2v) is 6.72. The highest BCUT2D eigenvalue weighted by molar-refractivity contribution is 5.90. The molecule has 0 heterocycles. The number of hydrogen-bond donors (Lipinski definition) is 2.